The molecule has 1 spiro atoms. The molecule has 0 radical (unpaired) electrons. The molecule has 10 heteroatoms. The lowest BCUT2D eigenvalue weighted by Gasteiger charge is -2.43. The van der Waals surface area contributed by atoms with Gasteiger partial charge >= 0.3 is 6.18 Å². The Morgan fingerprint density at radius 3 is 2.73 bits per heavy atom. The van der Waals surface area contributed by atoms with Crippen molar-refractivity contribution in [1.29, 1.82) is 0 Å². The van der Waals surface area contributed by atoms with Crippen molar-refractivity contribution in [3.8, 4) is 0 Å². The van der Waals surface area contributed by atoms with E-state index < -0.39 is 17.3 Å². The summed E-state index contributed by atoms with van der Waals surface area (Å²) in [4.78, 5) is 18.1. The Balaban J connectivity index is 1.57. The van der Waals surface area contributed by atoms with Gasteiger partial charge in [0.2, 0.25) is 5.91 Å². The molecule has 1 unspecified atom stereocenters. The lowest BCUT2D eigenvalue weighted by molar-refractivity contribution is -0.149. The highest BCUT2D eigenvalue weighted by Crippen LogP contribution is 2.32. The molecule has 3 heterocycles. The van der Waals surface area contributed by atoms with Crippen LogP contribution in [0.25, 0.3) is 0 Å². The quantitative estimate of drug-likeness (QED) is 0.851. The number of carbonyl (C=O) groups is 1. The van der Waals surface area contributed by atoms with Crippen LogP contribution in [0.3, 0.4) is 0 Å². The van der Waals surface area contributed by atoms with Gasteiger partial charge in [-0.1, -0.05) is 11.6 Å². The number of halogens is 4. The molecule has 0 bridgehead atoms. The molecule has 2 aliphatic rings. The monoisotopic (exact) mass is 393 g/mol. The first-order chi connectivity index (χ1) is 12.3. The maximum atomic E-state index is 12.6. The number of aromatic nitrogens is 1. The van der Waals surface area contributed by atoms with E-state index in [1.165, 1.54) is 0 Å². The van der Waals surface area contributed by atoms with E-state index in [0.29, 0.717) is 39.2 Å². The average molecular weight is 394 g/mol. The van der Waals surface area contributed by atoms with Gasteiger partial charge in [0.15, 0.2) is 0 Å². The molecule has 2 saturated heterocycles. The first-order valence-electron chi connectivity index (χ1n) is 8.24. The number of alkyl halides is 3. The van der Waals surface area contributed by atoms with E-state index in [0.717, 1.165) is 12.5 Å². The molecule has 144 valence electrons. The van der Waals surface area contributed by atoms with Crippen LogP contribution in [0.1, 0.15) is 18.4 Å². The van der Waals surface area contributed by atoms with Crippen LogP contribution in [-0.2, 0) is 20.4 Å². The van der Waals surface area contributed by atoms with Crippen molar-refractivity contribution in [1.82, 2.24) is 9.88 Å². The van der Waals surface area contributed by atoms with Crippen molar-refractivity contribution in [2.45, 2.75) is 24.6 Å². The van der Waals surface area contributed by atoms with Crippen molar-refractivity contribution in [3.05, 3.63) is 22.8 Å². The molecule has 2 fully saturated rings. The molecular formula is C16H19ClF3N3O3. The molecule has 0 aliphatic carbocycles. The third kappa shape index (κ3) is 4.05. The zero-order valence-corrected chi connectivity index (χ0v) is 14.7. The number of morpholine rings is 1. The van der Waals surface area contributed by atoms with Gasteiger partial charge in [0.1, 0.15) is 5.82 Å². The fourth-order valence-electron chi connectivity index (χ4n) is 3.19. The fraction of sp³-hybridized carbons (Fsp3) is 0.625. The highest BCUT2D eigenvalue weighted by atomic mass is 35.5. The first-order valence-corrected chi connectivity index (χ1v) is 8.62. The second-order valence-corrected chi connectivity index (χ2v) is 6.76. The highest BCUT2D eigenvalue weighted by Gasteiger charge is 2.45. The summed E-state index contributed by atoms with van der Waals surface area (Å²) in [5.74, 6) is 0.0580. The van der Waals surface area contributed by atoms with E-state index in [9.17, 15) is 18.0 Å². The second-order valence-electron chi connectivity index (χ2n) is 6.35. The summed E-state index contributed by atoms with van der Waals surface area (Å²) in [6, 6.07) is 0.811. The molecule has 3 rings (SSSR count). The maximum absolute atomic E-state index is 12.6. The van der Waals surface area contributed by atoms with Gasteiger partial charge in [-0.05, 0) is 12.5 Å². The Morgan fingerprint density at radius 2 is 2.08 bits per heavy atom. The van der Waals surface area contributed by atoms with Crippen LogP contribution >= 0.6 is 11.6 Å². The molecule has 26 heavy (non-hydrogen) atoms. The zero-order valence-electron chi connectivity index (χ0n) is 13.9. The SMILES string of the molecule is O=C(CCNc1ncc(C(F)(F)F)cc1Cl)N1CCOCC12CCOC2. The van der Waals surface area contributed by atoms with Gasteiger partial charge in [0.05, 0.1) is 35.9 Å². The molecule has 1 aromatic rings. The van der Waals surface area contributed by atoms with Crippen molar-refractivity contribution in [2.24, 2.45) is 0 Å². The van der Waals surface area contributed by atoms with Crippen LogP contribution < -0.4 is 5.32 Å². The van der Waals surface area contributed by atoms with Gasteiger partial charge in [-0.2, -0.15) is 13.2 Å². The van der Waals surface area contributed by atoms with E-state index >= 15 is 0 Å². The van der Waals surface area contributed by atoms with Crippen molar-refractivity contribution in [3.63, 3.8) is 0 Å². The molecule has 1 atom stereocenters. The van der Waals surface area contributed by atoms with Crippen molar-refractivity contribution in [2.75, 3.05) is 44.8 Å². The summed E-state index contributed by atoms with van der Waals surface area (Å²) in [7, 11) is 0. The molecule has 6 nitrogen and oxygen atoms in total. The maximum Gasteiger partial charge on any atom is 0.417 e. The van der Waals surface area contributed by atoms with Crippen LogP contribution in [0.2, 0.25) is 5.02 Å². The van der Waals surface area contributed by atoms with E-state index in [-0.39, 0.29) is 29.7 Å². The lowest BCUT2D eigenvalue weighted by atomic mass is 9.95. The Bertz CT molecular complexity index is 666. The molecular weight excluding hydrogens is 375 g/mol. The zero-order chi connectivity index (χ0) is 18.8. The van der Waals surface area contributed by atoms with Crippen LogP contribution in [0, 0.1) is 0 Å². The number of ether oxygens (including phenoxy) is 2. The number of pyridine rings is 1. The molecule has 1 aromatic heterocycles. The number of nitrogens with one attached hydrogen (secondary N) is 1. The largest absolute Gasteiger partial charge is 0.417 e. The molecule has 1 N–H and O–H groups in total. The van der Waals surface area contributed by atoms with Gasteiger partial charge in [-0.15, -0.1) is 0 Å². The van der Waals surface area contributed by atoms with Crippen LogP contribution in [0.15, 0.2) is 12.3 Å². The minimum Gasteiger partial charge on any atom is -0.379 e. The molecule has 2 aliphatic heterocycles. The minimum absolute atomic E-state index is 0.0608. The Kier molecular flexibility index (Phi) is 5.59. The Hall–Kier alpha value is -1.58. The van der Waals surface area contributed by atoms with Gasteiger partial charge in [-0.25, -0.2) is 4.98 Å². The normalized spacial score (nSPS) is 23.5. The fourth-order valence-corrected chi connectivity index (χ4v) is 3.42. The van der Waals surface area contributed by atoms with Gasteiger partial charge < -0.3 is 19.7 Å². The number of rotatable bonds is 4. The van der Waals surface area contributed by atoms with Crippen molar-refractivity contribution >= 4 is 23.3 Å². The van der Waals surface area contributed by atoms with E-state index in [4.69, 9.17) is 21.1 Å². The third-order valence-electron chi connectivity index (χ3n) is 4.59. The predicted octanol–water partition coefficient (Wildman–Crippen LogP) is 2.57. The topological polar surface area (TPSA) is 63.7 Å². The van der Waals surface area contributed by atoms with Crippen LogP contribution in [0.5, 0.6) is 0 Å². The molecule has 1 amide bonds. The number of amides is 1. The minimum atomic E-state index is -4.50. The lowest BCUT2D eigenvalue weighted by Crippen LogP contribution is -2.59. The average Bonchev–Trinajstić information content (AvgIpc) is 3.04. The van der Waals surface area contributed by atoms with Gasteiger partial charge in [0, 0.05) is 32.3 Å². The standard InChI is InChI=1S/C16H19ClF3N3O3/c17-12-7-11(16(18,19)20)8-22-14(12)21-3-1-13(24)23-4-6-26-10-15(23)2-5-25-9-15/h7-8H,1-6,9-10H2,(H,21,22). The van der Waals surface area contributed by atoms with Crippen LogP contribution in [-0.4, -0.2) is 60.8 Å². The second kappa shape index (κ2) is 7.58. The van der Waals surface area contributed by atoms with Gasteiger partial charge in [0.25, 0.3) is 0 Å². The first kappa shape index (κ1) is 19.2. The summed E-state index contributed by atoms with van der Waals surface area (Å²) in [6.45, 7) is 2.70. The number of anilines is 1. The van der Waals surface area contributed by atoms with Crippen LogP contribution in [0.4, 0.5) is 19.0 Å². The molecule has 0 saturated carbocycles. The summed E-state index contributed by atoms with van der Waals surface area (Å²) < 4.78 is 48.8. The highest BCUT2D eigenvalue weighted by molar-refractivity contribution is 6.32. The Labute approximate surface area is 153 Å². The number of hydrogen-bond donors (Lipinski definition) is 1. The third-order valence-corrected chi connectivity index (χ3v) is 4.87. The summed E-state index contributed by atoms with van der Waals surface area (Å²) in [5, 5.41) is 2.68. The smallest absolute Gasteiger partial charge is 0.379 e. The summed E-state index contributed by atoms with van der Waals surface area (Å²) >= 11 is 5.84. The summed E-state index contributed by atoms with van der Waals surface area (Å²) in [6.07, 6.45) is -2.89. The predicted molar refractivity (Wildman–Crippen MR) is 88.1 cm³/mol. The molecule has 0 aromatic carbocycles. The number of nitrogens with zero attached hydrogens (tertiary/aromatic N) is 2. The van der Waals surface area contributed by atoms with E-state index in [1.807, 2.05) is 0 Å². The number of hydrogen-bond acceptors (Lipinski definition) is 5. The van der Waals surface area contributed by atoms with Gasteiger partial charge in [-0.3, -0.25) is 4.79 Å². The van der Waals surface area contributed by atoms with E-state index in [1.54, 1.807) is 4.90 Å². The van der Waals surface area contributed by atoms with Crippen molar-refractivity contribution < 1.29 is 27.4 Å². The van der Waals surface area contributed by atoms with E-state index in [2.05, 4.69) is 10.3 Å². The Morgan fingerprint density at radius 1 is 1.35 bits per heavy atom. The summed E-state index contributed by atoms with van der Waals surface area (Å²) in [5.41, 5.74) is -1.32. The number of carbonyl (C=O) groups excluding carboxylic acids is 1.